The minimum Gasteiger partial charge on any atom is -0.378 e. The highest BCUT2D eigenvalue weighted by atomic mass is 35.5. The van der Waals surface area contributed by atoms with Crippen molar-refractivity contribution in [3.8, 4) is 11.4 Å². The van der Waals surface area contributed by atoms with Crippen LogP contribution in [-0.2, 0) is 13.1 Å². The molecule has 0 saturated heterocycles. The Kier molecular flexibility index (Phi) is 6.01. The van der Waals surface area contributed by atoms with Gasteiger partial charge in [0.2, 0.25) is 0 Å². The number of carbonyl (C=O) groups is 1. The molecule has 2 aromatic carbocycles. The zero-order valence-corrected chi connectivity index (χ0v) is 16.7. The molecule has 2 aromatic heterocycles. The van der Waals surface area contributed by atoms with Crippen molar-refractivity contribution in [2.24, 2.45) is 0 Å². The summed E-state index contributed by atoms with van der Waals surface area (Å²) in [6, 6.07) is 18.4. The fourth-order valence-corrected chi connectivity index (χ4v) is 2.97. The topological polar surface area (TPSA) is 95.6 Å². The number of amides is 1. The van der Waals surface area contributed by atoms with Crippen LogP contribution in [0.25, 0.3) is 11.4 Å². The molecular formula is C22H19ClN6O. The summed E-state index contributed by atoms with van der Waals surface area (Å²) in [6.07, 6.45) is 3.40. The summed E-state index contributed by atoms with van der Waals surface area (Å²) >= 11 is 5.89. The number of halogens is 1. The molecule has 1 amide bonds. The van der Waals surface area contributed by atoms with E-state index >= 15 is 0 Å². The number of hydrogen-bond acceptors (Lipinski definition) is 5. The lowest BCUT2D eigenvalue weighted by molar-refractivity contribution is 0.0951. The predicted octanol–water partition coefficient (Wildman–Crippen LogP) is 4.06. The summed E-state index contributed by atoms with van der Waals surface area (Å²) in [6.45, 7) is 0.886. The molecule has 4 aromatic rings. The Morgan fingerprint density at radius 1 is 1.00 bits per heavy atom. The van der Waals surface area contributed by atoms with Gasteiger partial charge in [-0.2, -0.15) is 5.10 Å². The Bertz CT molecular complexity index is 1130. The van der Waals surface area contributed by atoms with Crippen LogP contribution in [0.4, 0.5) is 5.69 Å². The van der Waals surface area contributed by atoms with Crippen molar-refractivity contribution in [1.82, 2.24) is 25.5 Å². The lowest BCUT2D eigenvalue weighted by Gasteiger charge is -2.08. The number of nitrogens with zero attached hydrogens (tertiary/aromatic N) is 3. The van der Waals surface area contributed by atoms with Crippen LogP contribution in [0.3, 0.4) is 0 Å². The second-order valence-corrected chi connectivity index (χ2v) is 7.02. The average molecular weight is 419 g/mol. The summed E-state index contributed by atoms with van der Waals surface area (Å²) < 4.78 is 0. The van der Waals surface area contributed by atoms with Crippen molar-refractivity contribution in [1.29, 1.82) is 0 Å². The lowest BCUT2D eigenvalue weighted by Crippen LogP contribution is -2.22. The van der Waals surface area contributed by atoms with Gasteiger partial charge in [0, 0.05) is 40.8 Å². The molecule has 0 saturated carbocycles. The second kappa shape index (κ2) is 9.19. The van der Waals surface area contributed by atoms with Crippen molar-refractivity contribution in [3.63, 3.8) is 0 Å². The van der Waals surface area contributed by atoms with Crippen LogP contribution < -0.4 is 10.6 Å². The molecule has 0 fully saturated rings. The van der Waals surface area contributed by atoms with Crippen molar-refractivity contribution in [2.75, 3.05) is 5.32 Å². The second-order valence-electron chi connectivity index (χ2n) is 6.59. The zero-order chi connectivity index (χ0) is 20.8. The van der Waals surface area contributed by atoms with E-state index in [-0.39, 0.29) is 5.91 Å². The fourth-order valence-electron chi connectivity index (χ4n) is 2.85. The Labute approximate surface area is 178 Å². The highest BCUT2D eigenvalue weighted by Crippen LogP contribution is 2.15. The van der Waals surface area contributed by atoms with Gasteiger partial charge in [0.1, 0.15) is 5.82 Å². The number of aromatic amines is 1. The van der Waals surface area contributed by atoms with Gasteiger partial charge < -0.3 is 10.6 Å². The number of H-pyrrole nitrogens is 1. The van der Waals surface area contributed by atoms with E-state index in [4.69, 9.17) is 11.6 Å². The first-order valence-corrected chi connectivity index (χ1v) is 9.73. The Morgan fingerprint density at radius 2 is 1.80 bits per heavy atom. The van der Waals surface area contributed by atoms with Crippen molar-refractivity contribution < 1.29 is 4.79 Å². The molecule has 0 aliphatic heterocycles. The van der Waals surface area contributed by atoms with Gasteiger partial charge in [0.05, 0.1) is 6.54 Å². The quantitative estimate of drug-likeness (QED) is 0.420. The molecule has 0 aliphatic carbocycles. The van der Waals surface area contributed by atoms with E-state index in [2.05, 4.69) is 30.8 Å². The molecule has 2 heterocycles. The monoisotopic (exact) mass is 418 g/mol. The molecule has 4 rings (SSSR count). The van der Waals surface area contributed by atoms with Gasteiger partial charge in [-0.05, 0) is 48.0 Å². The number of pyridine rings is 1. The van der Waals surface area contributed by atoms with Gasteiger partial charge in [-0.3, -0.25) is 14.9 Å². The van der Waals surface area contributed by atoms with E-state index in [1.807, 2.05) is 36.4 Å². The van der Waals surface area contributed by atoms with E-state index in [0.29, 0.717) is 35.3 Å². The number of hydrogen-bond donors (Lipinski definition) is 3. The molecule has 3 N–H and O–H groups in total. The van der Waals surface area contributed by atoms with E-state index < -0.39 is 0 Å². The number of anilines is 1. The fraction of sp³-hybridized carbons (Fsp3) is 0.0909. The molecule has 0 spiro atoms. The van der Waals surface area contributed by atoms with Crippen molar-refractivity contribution >= 4 is 23.2 Å². The van der Waals surface area contributed by atoms with Gasteiger partial charge in [0.25, 0.3) is 5.91 Å². The van der Waals surface area contributed by atoms with E-state index in [0.717, 1.165) is 16.8 Å². The van der Waals surface area contributed by atoms with Gasteiger partial charge in [-0.1, -0.05) is 29.8 Å². The number of benzene rings is 2. The van der Waals surface area contributed by atoms with E-state index in [9.17, 15) is 4.79 Å². The number of carbonyl (C=O) groups excluding carboxylic acids is 1. The van der Waals surface area contributed by atoms with Crippen molar-refractivity contribution in [2.45, 2.75) is 13.1 Å². The number of nitrogens with one attached hydrogen (secondary N) is 3. The van der Waals surface area contributed by atoms with Crippen molar-refractivity contribution in [3.05, 3.63) is 95.0 Å². The third-order valence-corrected chi connectivity index (χ3v) is 4.67. The van der Waals surface area contributed by atoms with Gasteiger partial charge in [0.15, 0.2) is 5.82 Å². The molecule has 0 bridgehead atoms. The maximum Gasteiger partial charge on any atom is 0.251 e. The molecule has 0 atom stereocenters. The third-order valence-electron chi connectivity index (χ3n) is 4.42. The maximum atomic E-state index is 12.5. The zero-order valence-electron chi connectivity index (χ0n) is 16.0. The SMILES string of the molecule is O=C(NCc1ccc(Cl)cc1)c1cccc(NCc2nc(-c3ccncc3)n[nH]2)c1. The molecule has 30 heavy (non-hydrogen) atoms. The van der Waals surface area contributed by atoms with E-state index in [1.54, 1.807) is 36.7 Å². The van der Waals surface area contributed by atoms with Crippen LogP contribution in [0, 0.1) is 0 Å². The molecular weight excluding hydrogens is 400 g/mol. The minimum absolute atomic E-state index is 0.145. The van der Waals surface area contributed by atoms with Gasteiger partial charge in [-0.25, -0.2) is 4.98 Å². The summed E-state index contributed by atoms with van der Waals surface area (Å²) in [5.74, 6) is 1.16. The summed E-state index contributed by atoms with van der Waals surface area (Å²) in [4.78, 5) is 20.9. The van der Waals surface area contributed by atoms with Crippen LogP contribution in [0.5, 0.6) is 0 Å². The molecule has 0 radical (unpaired) electrons. The third kappa shape index (κ3) is 5.01. The normalized spacial score (nSPS) is 10.6. The van der Waals surface area contributed by atoms with Crippen LogP contribution in [-0.4, -0.2) is 26.1 Å². The van der Waals surface area contributed by atoms with Gasteiger partial charge >= 0.3 is 0 Å². The first-order chi connectivity index (χ1) is 14.7. The molecule has 8 heteroatoms. The lowest BCUT2D eigenvalue weighted by atomic mass is 10.1. The highest BCUT2D eigenvalue weighted by Gasteiger charge is 2.08. The first kappa shape index (κ1) is 19.6. The Hall–Kier alpha value is -3.71. The smallest absolute Gasteiger partial charge is 0.251 e. The van der Waals surface area contributed by atoms with Crippen LogP contribution in [0.15, 0.2) is 73.1 Å². The molecule has 0 aliphatic rings. The summed E-state index contributed by atoms with van der Waals surface area (Å²) in [5.41, 5.74) is 3.27. The number of aromatic nitrogens is 4. The summed E-state index contributed by atoms with van der Waals surface area (Å²) in [5, 5.41) is 14.0. The molecule has 7 nitrogen and oxygen atoms in total. The standard InChI is InChI=1S/C22H19ClN6O/c23-18-6-4-15(5-7-18)13-26-22(30)17-2-1-3-19(12-17)25-14-20-27-21(29-28-20)16-8-10-24-11-9-16/h1-12,25H,13-14H2,(H,26,30)(H,27,28,29). The van der Waals surface area contributed by atoms with Crippen LogP contribution in [0.1, 0.15) is 21.7 Å². The van der Waals surface area contributed by atoms with Gasteiger partial charge in [-0.15, -0.1) is 0 Å². The van der Waals surface area contributed by atoms with E-state index in [1.165, 1.54) is 0 Å². The summed E-state index contributed by atoms with van der Waals surface area (Å²) in [7, 11) is 0. The van der Waals surface area contributed by atoms with Crippen LogP contribution in [0.2, 0.25) is 5.02 Å². The Morgan fingerprint density at radius 3 is 2.60 bits per heavy atom. The Balaban J connectivity index is 1.34. The minimum atomic E-state index is -0.145. The largest absolute Gasteiger partial charge is 0.378 e. The first-order valence-electron chi connectivity index (χ1n) is 9.35. The highest BCUT2D eigenvalue weighted by molar-refractivity contribution is 6.30. The predicted molar refractivity (Wildman–Crippen MR) is 116 cm³/mol. The molecule has 150 valence electrons. The van der Waals surface area contributed by atoms with Crippen LogP contribution >= 0.6 is 11.6 Å². The maximum absolute atomic E-state index is 12.5. The average Bonchev–Trinajstić information content (AvgIpc) is 3.27. The molecule has 0 unspecified atom stereocenters. The number of rotatable bonds is 7.